The third kappa shape index (κ3) is 4.09. The van der Waals surface area contributed by atoms with Crippen LogP contribution in [0, 0.1) is 0 Å². The maximum atomic E-state index is 13.5. The van der Waals surface area contributed by atoms with Gasteiger partial charge < -0.3 is 15.4 Å². The number of fused-ring (bicyclic) bond motifs is 2. The van der Waals surface area contributed by atoms with E-state index in [1.165, 1.54) is 0 Å². The van der Waals surface area contributed by atoms with Crippen LogP contribution in [0.1, 0.15) is 35.3 Å². The minimum atomic E-state index is -3.87. The summed E-state index contributed by atoms with van der Waals surface area (Å²) in [6.07, 6.45) is 4.35. The van der Waals surface area contributed by atoms with E-state index in [0.29, 0.717) is 29.2 Å². The summed E-state index contributed by atoms with van der Waals surface area (Å²) in [4.78, 5) is 19.7. The molecule has 170 valence electrons. The number of pyridine rings is 1. The van der Waals surface area contributed by atoms with Crippen molar-refractivity contribution in [2.45, 2.75) is 25.3 Å². The van der Waals surface area contributed by atoms with Gasteiger partial charge in [-0.3, -0.25) is 14.5 Å². The highest BCUT2D eigenvalue weighted by Crippen LogP contribution is 2.31. The van der Waals surface area contributed by atoms with E-state index in [2.05, 4.69) is 14.1 Å². The lowest BCUT2D eigenvalue weighted by molar-refractivity contribution is 0.0524. The number of hydrogen-bond donors (Lipinski definition) is 2. The maximum Gasteiger partial charge on any atom is 0.344 e. The van der Waals surface area contributed by atoms with Crippen LogP contribution in [-0.4, -0.2) is 49.2 Å². The number of hydrogen-bond acceptors (Lipinski definition) is 6. The number of nitrogens with two attached hydrogens (primary N) is 1. The largest absolute Gasteiger partial charge is 0.491 e. The SMILES string of the molecule is NC1=NS(=O)(=O)Nc2cccc(OC[C@H]3CCCCN3C(=O)c3nccc4ccccc34)c21. The summed E-state index contributed by atoms with van der Waals surface area (Å²) in [6, 6.07) is 14.4. The number of nitrogens with zero attached hydrogens (tertiary/aromatic N) is 3. The first kappa shape index (κ1) is 21.2. The second kappa shape index (κ2) is 8.36. The highest BCUT2D eigenvalue weighted by Gasteiger charge is 2.31. The molecule has 1 amide bonds. The Morgan fingerprint density at radius 3 is 2.88 bits per heavy atom. The van der Waals surface area contributed by atoms with Crippen LogP contribution < -0.4 is 15.2 Å². The molecule has 3 N–H and O–H groups in total. The van der Waals surface area contributed by atoms with Gasteiger partial charge in [0.05, 0.1) is 17.3 Å². The molecule has 0 saturated carbocycles. The van der Waals surface area contributed by atoms with Gasteiger partial charge in [-0.15, -0.1) is 4.40 Å². The van der Waals surface area contributed by atoms with Crippen molar-refractivity contribution in [3.8, 4) is 5.75 Å². The number of benzene rings is 2. The lowest BCUT2D eigenvalue weighted by Gasteiger charge is -2.35. The average molecular weight is 466 g/mol. The number of rotatable bonds is 4. The molecule has 1 fully saturated rings. The number of carbonyl (C=O) groups excluding carboxylic acids is 1. The first-order chi connectivity index (χ1) is 15.9. The van der Waals surface area contributed by atoms with Crippen LogP contribution >= 0.6 is 0 Å². The van der Waals surface area contributed by atoms with Gasteiger partial charge in [0.1, 0.15) is 18.1 Å². The summed E-state index contributed by atoms with van der Waals surface area (Å²) in [7, 11) is -3.87. The number of amidine groups is 1. The topological polar surface area (TPSA) is 127 Å². The third-order valence-electron chi connectivity index (χ3n) is 5.94. The molecular weight excluding hydrogens is 442 g/mol. The monoisotopic (exact) mass is 465 g/mol. The average Bonchev–Trinajstić information content (AvgIpc) is 2.81. The van der Waals surface area contributed by atoms with Crippen molar-refractivity contribution < 1.29 is 17.9 Å². The highest BCUT2D eigenvalue weighted by molar-refractivity contribution is 7.91. The number of amides is 1. The van der Waals surface area contributed by atoms with Crippen LogP contribution in [0.5, 0.6) is 5.75 Å². The quantitative estimate of drug-likeness (QED) is 0.610. The Hall–Kier alpha value is -3.66. The Morgan fingerprint density at radius 1 is 1.15 bits per heavy atom. The van der Waals surface area contributed by atoms with Gasteiger partial charge in [0.2, 0.25) is 0 Å². The van der Waals surface area contributed by atoms with E-state index in [1.807, 2.05) is 35.2 Å². The molecule has 0 unspecified atom stereocenters. The Bertz CT molecular complexity index is 1370. The van der Waals surface area contributed by atoms with Crippen LogP contribution in [0.15, 0.2) is 59.1 Å². The fraction of sp³-hybridized carbons (Fsp3) is 0.261. The van der Waals surface area contributed by atoms with Gasteiger partial charge in [-0.1, -0.05) is 30.3 Å². The normalized spacial score (nSPS) is 19.3. The molecule has 2 aliphatic heterocycles. The molecule has 2 aliphatic rings. The number of nitrogens with one attached hydrogen (secondary N) is 1. The number of anilines is 1. The number of aromatic nitrogens is 1. The lowest BCUT2D eigenvalue weighted by Crippen LogP contribution is -2.47. The van der Waals surface area contributed by atoms with Gasteiger partial charge in [-0.2, -0.15) is 8.42 Å². The third-order valence-corrected chi connectivity index (χ3v) is 6.85. The predicted molar refractivity (Wildman–Crippen MR) is 126 cm³/mol. The molecule has 1 saturated heterocycles. The second-order valence-corrected chi connectivity index (χ2v) is 9.41. The Labute approximate surface area is 191 Å². The molecule has 10 heteroatoms. The molecular formula is C23H23N5O4S. The highest BCUT2D eigenvalue weighted by atomic mass is 32.2. The Balaban J connectivity index is 1.40. The molecule has 0 radical (unpaired) electrons. The number of carbonyl (C=O) groups is 1. The summed E-state index contributed by atoms with van der Waals surface area (Å²) in [5, 5.41) is 1.79. The molecule has 1 atom stereocenters. The number of piperidine rings is 1. The van der Waals surface area contributed by atoms with E-state index in [0.717, 1.165) is 30.0 Å². The van der Waals surface area contributed by atoms with Crippen molar-refractivity contribution in [3.05, 3.63) is 66.0 Å². The minimum absolute atomic E-state index is 0.121. The van der Waals surface area contributed by atoms with Crippen molar-refractivity contribution in [2.75, 3.05) is 17.9 Å². The van der Waals surface area contributed by atoms with E-state index in [1.54, 1.807) is 24.4 Å². The molecule has 0 aliphatic carbocycles. The van der Waals surface area contributed by atoms with Gasteiger partial charge in [-0.05, 0) is 42.8 Å². The van der Waals surface area contributed by atoms with Gasteiger partial charge in [0.25, 0.3) is 5.91 Å². The predicted octanol–water partition coefficient (Wildman–Crippen LogP) is 2.68. The van der Waals surface area contributed by atoms with E-state index >= 15 is 0 Å². The number of likely N-dealkylation sites (tertiary alicyclic amines) is 1. The van der Waals surface area contributed by atoms with E-state index < -0.39 is 10.2 Å². The smallest absolute Gasteiger partial charge is 0.344 e. The summed E-state index contributed by atoms with van der Waals surface area (Å²) < 4.78 is 35.6. The fourth-order valence-electron chi connectivity index (χ4n) is 4.39. The summed E-state index contributed by atoms with van der Waals surface area (Å²) in [5.41, 5.74) is 7.06. The van der Waals surface area contributed by atoms with Crippen molar-refractivity contribution in [2.24, 2.45) is 10.1 Å². The zero-order chi connectivity index (χ0) is 23.0. The summed E-state index contributed by atoms with van der Waals surface area (Å²) in [6.45, 7) is 0.862. The molecule has 3 aromatic rings. The standard InChI is InChI=1S/C23H23N5O4S/c24-22-20-18(26-33(30,31)27-22)9-5-10-19(20)32-14-16-7-3-4-13-28(16)23(29)21-17-8-2-1-6-15(17)11-12-25-21/h1-2,5-6,8-12,16,26H,3-4,7,13-14H2,(H2,24,27)/t16-/m1/s1. The van der Waals surface area contributed by atoms with Crippen molar-refractivity contribution in [3.63, 3.8) is 0 Å². The summed E-state index contributed by atoms with van der Waals surface area (Å²) in [5.74, 6) is 0.164. The minimum Gasteiger partial charge on any atom is -0.491 e. The van der Waals surface area contributed by atoms with Gasteiger partial charge in [0.15, 0.2) is 5.84 Å². The van der Waals surface area contributed by atoms with Crippen LogP contribution in [0.2, 0.25) is 0 Å². The van der Waals surface area contributed by atoms with Crippen LogP contribution in [0.25, 0.3) is 10.8 Å². The molecule has 2 aromatic carbocycles. The Morgan fingerprint density at radius 2 is 2.00 bits per heavy atom. The van der Waals surface area contributed by atoms with E-state index in [9.17, 15) is 13.2 Å². The first-order valence-electron chi connectivity index (χ1n) is 10.7. The molecule has 5 rings (SSSR count). The van der Waals surface area contributed by atoms with Crippen LogP contribution in [0.3, 0.4) is 0 Å². The molecule has 9 nitrogen and oxygen atoms in total. The maximum absolute atomic E-state index is 13.5. The first-order valence-corrected chi connectivity index (χ1v) is 12.2. The van der Waals surface area contributed by atoms with Crippen molar-refractivity contribution >= 4 is 38.4 Å². The van der Waals surface area contributed by atoms with E-state index in [4.69, 9.17) is 10.5 Å². The van der Waals surface area contributed by atoms with Crippen LogP contribution in [-0.2, 0) is 10.2 Å². The zero-order valence-electron chi connectivity index (χ0n) is 17.8. The van der Waals surface area contributed by atoms with E-state index in [-0.39, 0.29) is 24.4 Å². The van der Waals surface area contributed by atoms with Crippen molar-refractivity contribution in [1.29, 1.82) is 0 Å². The molecule has 3 heterocycles. The molecule has 1 aromatic heterocycles. The zero-order valence-corrected chi connectivity index (χ0v) is 18.6. The van der Waals surface area contributed by atoms with Gasteiger partial charge >= 0.3 is 10.2 Å². The lowest BCUT2D eigenvalue weighted by atomic mass is 10.0. The molecule has 0 spiro atoms. The van der Waals surface area contributed by atoms with Gasteiger partial charge in [0, 0.05) is 18.1 Å². The molecule has 33 heavy (non-hydrogen) atoms. The van der Waals surface area contributed by atoms with Crippen LogP contribution in [0.4, 0.5) is 5.69 Å². The second-order valence-electron chi connectivity index (χ2n) is 8.07. The molecule has 0 bridgehead atoms. The Kier molecular flexibility index (Phi) is 5.37. The number of ether oxygens (including phenoxy) is 1. The van der Waals surface area contributed by atoms with Crippen molar-refractivity contribution in [1.82, 2.24) is 9.88 Å². The fourth-order valence-corrected chi connectivity index (χ4v) is 5.23. The summed E-state index contributed by atoms with van der Waals surface area (Å²) >= 11 is 0. The van der Waals surface area contributed by atoms with Gasteiger partial charge in [-0.25, -0.2) is 0 Å².